The van der Waals surface area contributed by atoms with Gasteiger partial charge in [0.1, 0.15) is 11.5 Å². The lowest BCUT2D eigenvalue weighted by Gasteiger charge is -2.36. The Morgan fingerprint density at radius 3 is 1.75 bits per heavy atom. The van der Waals surface area contributed by atoms with Gasteiger partial charge < -0.3 is 10.2 Å². The van der Waals surface area contributed by atoms with E-state index in [0.29, 0.717) is 6.42 Å². The van der Waals surface area contributed by atoms with Gasteiger partial charge in [-0.05, 0) is 69.1 Å². The first kappa shape index (κ1) is 24.0. The molecule has 0 unspecified atom stereocenters. The molecule has 2 aliphatic carbocycles. The summed E-state index contributed by atoms with van der Waals surface area (Å²) in [6.45, 7) is 0. The normalized spacial score (nSPS) is 15.2. The minimum absolute atomic E-state index is 0.253. The maximum absolute atomic E-state index is 11.2. The van der Waals surface area contributed by atoms with E-state index in [2.05, 4.69) is 72.8 Å². The van der Waals surface area contributed by atoms with E-state index in [1.54, 1.807) is 0 Å². The molecule has 0 aromatic heterocycles. The molecule has 0 bridgehead atoms. The van der Waals surface area contributed by atoms with Gasteiger partial charge >= 0.3 is 0 Å². The summed E-state index contributed by atoms with van der Waals surface area (Å²) < 4.78 is 0. The minimum Gasteiger partial charge on any atom is -0.507 e. The fourth-order valence-electron chi connectivity index (χ4n) is 6.51. The molecule has 0 saturated heterocycles. The third-order valence-corrected chi connectivity index (χ3v) is 8.28. The molecule has 7 rings (SSSR count). The number of hydrogen-bond donors (Lipinski definition) is 2. The highest BCUT2D eigenvalue weighted by atomic mass is 16.3. The molecular formula is C38H28O2. The molecule has 5 aromatic rings. The van der Waals surface area contributed by atoms with Crippen molar-refractivity contribution in [1.29, 1.82) is 0 Å². The molecule has 2 nitrogen and oxygen atoms in total. The standard InChI is InChI=1S/C38H28O2/c39-36-23-20-28(19-22-30(36)26-11-3-1-4-12-26)38(29-21-24-37(40)33(25-29)27-13-5-2-6-14-27)34-17-9-7-15-31(34)32-16-8-10-18-35(32)38/h1-18,20-25,39-40H,19H2. The van der Waals surface area contributed by atoms with E-state index in [-0.39, 0.29) is 11.5 Å². The van der Waals surface area contributed by atoms with E-state index < -0.39 is 5.41 Å². The molecule has 0 aliphatic heterocycles. The highest BCUT2D eigenvalue weighted by Gasteiger charge is 2.47. The van der Waals surface area contributed by atoms with Crippen molar-refractivity contribution < 1.29 is 10.2 Å². The topological polar surface area (TPSA) is 40.5 Å². The number of hydrogen-bond acceptors (Lipinski definition) is 2. The van der Waals surface area contributed by atoms with Gasteiger partial charge in [0, 0.05) is 11.1 Å². The summed E-state index contributed by atoms with van der Waals surface area (Å²) in [4.78, 5) is 0. The fourth-order valence-corrected chi connectivity index (χ4v) is 6.51. The Bertz CT molecular complexity index is 1780. The molecule has 2 heteroatoms. The van der Waals surface area contributed by atoms with Gasteiger partial charge in [-0.25, -0.2) is 0 Å². The quantitative estimate of drug-likeness (QED) is 0.250. The molecule has 2 aliphatic rings. The first-order chi connectivity index (χ1) is 19.7. The lowest BCUT2D eigenvalue weighted by Crippen LogP contribution is -2.29. The molecule has 40 heavy (non-hydrogen) atoms. The zero-order valence-corrected chi connectivity index (χ0v) is 22.0. The van der Waals surface area contributed by atoms with Crippen LogP contribution in [0.25, 0.3) is 27.8 Å². The number of phenolic OH excluding ortho intramolecular Hbond substituents is 1. The summed E-state index contributed by atoms with van der Waals surface area (Å²) in [5.41, 5.74) is 10.0. The maximum atomic E-state index is 11.2. The van der Waals surface area contributed by atoms with Crippen molar-refractivity contribution in [3.05, 3.63) is 179 Å². The summed E-state index contributed by atoms with van der Waals surface area (Å²) in [5.74, 6) is 0.509. The summed E-state index contributed by atoms with van der Waals surface area (Å²) in [6.07, 6.45) is 6.72. The van der Waals surface area contributed by atoms with Gasteiger partial charge in [0.05, 0.1) is 5.41 Å². The van der Waals surface area contributed by atoms with Crippen LogP contribution in [0.5, 0.6) is 5.75 Å². The number of aliphatic hydroxyl groups excluding tert-OH is 1. The lowest BCUT2D eigenvalue weighted by atomic mass is 9.66. The molecule has 0 fully saturated rings. The van der Waals surface area contributed by atoms with Crippen molar-refractivity contribution in [2.24, 2.45) is 0 Å². The van der Waals surface area contributed by atoms with E-state index in [1.807, 2.05) is 72.8 Å². The van der Waals surface area contributed by atoms with Gasteiger partial charge in [-0.15, -0.1) is 0 Å². The molecule has 192 valence electrons. The predicted octanol–water partition coefficient (Wildman–Crippen LogP) is 9.23. The van der Waals surface area contributed by atoms with Gasteiger partial charge in [-0.3, -0.25) is 0 Å². The van der Waals surface area contributed by atoms with Crippen LogP contribution in [0.2, 0.25) is 0 Å². The van der Waals surface area contributed by atoms with E-state index >= 15 is 0 Å². The molecule has 2 N–H and O–H groups in total. The van der Waals surface area contributed by atoms with Crippen molar-refractivity contribution in [2.75, 3.05) is 0 Å². The van der Waals surface area contributed by atoms with E-state index in [4.69, 9.17) is 0 Å². The Labute approximate surface area is 234 Å². The first-order valence-electron chi connectivity index (χ1n) is 13.6. The molecule has 0 saturated carbocycles. The number of aliphatic hydroxyl groups is 1. The van der Waals surface area contributed by atoms with E-state index in [0.717, 1.165) is 33.4 Å². The lowest BCUT2D eigenvalue weighted by molar-refractivity contribution is 0.438. The van der Waals surface area contributed by atoms with Crippen molar-refractivity contribution in [3.63, 3.8) is 0 Å². The second kappa shape index (κ2) is 9.59. The van der Waals surface area contributed by atoms with Crippen LogP contribution in [0.3, 0.4) is 0 Å². The van der Waals surface area contributed by atoms with Gasteiger partial charge in [0.15, 0.2) is 0 Å². The number of rotatable bonds is 4. The molecule has 0 spiro atoms. The van der Waals surface area contributed by atoms with Crippen LogP contribution in [0.4, 0.5) is 0 Å². The molecule has 5 aromatic carbocycles. The Morgan fingerprint density at radius 2 is 1.10 bits per heavy atom. The van der Waals surface area contributed by atoms with Crippen molar-refractivity contribution >= 4 is 5.57 Å². The predicted molar refractivity (Wildman–Crippen MR) is 163 cm³/mol. The van der Waals surface area contributed by atoms with Crippen LogP contribution in [-0.4, -0.2) is 10.2 Å². The van der Waals surface area contributed by atoms with Crippen LogP contribution in [-0.2, 0) is 5.41 Å². The van der Waals surface area contributed by atoms with Gasteiger partial charge in [-0.2, -0.15) is 0 Å². The third-order valence-electron chi connectivity index (χ3n) is 8.28. The van der Waals surface area contributed by atoms with Crippen LogP contribution in [0.15, 0.2) is 157 Å². The highest BCUT2D eigenvalue weighted by Crippen LogP contribution is 2.58. The average molecular weight is 517 g/mol. The SMILES string of the molecule is OC1=CC=C(C2(c3ccc(O)c(-c4ccccc4)c3)c3ccccc3-c3ccccc32)CC=C1c1ccccc1. The molecule has 0 amide bonds. The third kappa shape index (κ3) is 3.65. The first-order valence-corrected chi connectivity index (χ1v) is 13.6. The summed E-state index contributed by atoms with van der Waals surface area (Å²) in [6, 6.07) is 43.3. The summed E-state index contributed by atoms with van der Waals surface area (Å²) >= 11 is 0. The monoisotopic (exact) mass is 516 g/mol. The number of benzene rings is 5. The Balaban J connectivity index is 1.51. The van der Waals surface area contributed by atoms with Crippen molar-refractivity contribution in [1.82, 2.24) is 0 Å². The van der Waals surface area contributed by atoms with Gasteiger partial charge in [0.2, 0.25) is 0 Å². The largest absolute Gasteiger partial charge is 0.507 e. The van der Waals surface area contributed by atoms with Crippen molar-refractivity contribution in [2.45, 2.75) is 11.8 Å². The van der Waals surface area contributed by atoms with Crippen LogP contribution in [0, 0.1) is 0 Å². The van der Waals surface area contributed by atoms with Gasteiger partial charge in [-0.1, -0.05) is 127 Å². The van der Waals surface area contributed by atoms with E-state index in [1.165, 1.54) is 22.3 Å². The maximum Gasteiger partial charge on any atom is 0.123 e. The zero-order chi connectivity index (χ0) is 27.1. The Morgan fingerprint density at radius 1 is 0.525 bits per heavy atom. The van der Waals surface area contributed by atoms with Crippen LogP contribution >= 0.6 is 0 Å². The second-order valence-corrected chi connectivity index (χ2v) is 10.4. The number of aromatic hydroxyl groups is 1. The Hall–Kier alpha value is -5.08. The molecule has 0 atom stereocenters. The molecule has 0 radical (unpaired) electrons. The molecule has 0 heterocycles. The van der Waals surface area contributed by atoms with Crippen LogP contribution < -0.4 is 0 Å². The number of allylic oxidation sites excluding steroid dienone is 5. The Kier molecular flexibility index (Phi) is 5.75. The summed E-state index contributed by atoms with van der Waals surface area (Å²) in [7, 11) is 0. The highest BCUT2D eigenvalue weighted by molar-refractivity contribution is 5.88. The smallest absolute Gasteiger partial charge is 0.123 e. The summed E-state index contributed by atoms with van der Waals surface area (Å²) in [5, 5.41) is 22.1. The minimum atomic E-state index is -0.607. The zero-order valence-electron chi connectivity index (χ0n) is 22.0. The number of phenols is 1. The van der Waals surface area contributed by atoms with Gasteiger partial charge in [0.25, 0.3) is 0 Å². The second-order valence-electron chi connectivity index (χ2n) is 10.4. The average Bonchev–Trinajstić information content (AvgIpc) is 3.17. The van der Waals surface area contributed by atoms with Crippen molar-refractivity contribution in [3.8, 4) is 28.0 Å². The van der Waals surface area contributed by atoms with E-state index in [9.17, 15) is 10.2 Å². The van der Waals surface area contributed by atoms with Crippen LogP contribution in [0.1, 0.15) is 28.7 Å². The number of fused-ring (bicyclic) bond motifs is 3. The molecular weight excluding hydrogens is 488 g/mol. The fraction of sp³-hybridized carbons (Fsp3) is 0.0526.